The minimum atomic E-state index is 0.156. The summed E-state index contributed by atoms with van der Waals surface area (Å²) in [6.45, 7) is 2.05. The van der Waals surface area contributed by atoms with Crippen molar-refractivity contribution in [2.75, 3.05) is 18.0 Å². The molecule has 5 heteroatoms. The molecule has 0 N–H and O–H groups in total. The Hall–Kier alpha value is -1.36. The normalized spacial score (nSPS) is 19.2. The van der Waals surface area contributed by atoms with Crippen molar-refractivity contribution in [1.29, 1.82) is 0 Å². The van der Waals surface area contributed by atoms with Crippen LogP contribution >= 0.6 is 11.3 Å². The molecular weight excluding hydrogens is 294 g/mol. The van der Waals surface area contributed by atoms with Crippen LogP contribution in [0, 0.1) is 0 Å². The molecule has 2 aromatic rings. The fraction of sp³-hybridized carbons (Fsp3) is 0.647. The van der Waals surface area contributed by atoms with Gasteiger partial charge in [-0.2, -0.15) is 0 Å². The molecule has 0 radical (unpaired) electrons. The number of fused-ring (bicyclic) bond motifs is 3. The Morgan fingerprint density at radius 1 is 1.00 bits per heavy atom. The molecule has 4 nitrogen and oxygen atoms in total. The standard InChI is InChI=1S/C17H23N3OS/c1-19-16(21)14-12-8-4-5-9-13(12)22-15(14)18-17(19)20-10-6-2-3-7-11-20/h2-11H2,1H3. The SMILES string of the molecule is Cn1c(N2CCCCCC2)nc2sc3c(c2c1=O)CCCC3. The molecule has 22 heavy (non-hydrogen) atoms. The second kappa shape index (κ2) is 5.69. The second-order valence-electron chi connectivity index (χ2n) is 6.57. The second-order valence-corrected chi connectivity index (χ2v) is 7.65. The average molecular weight is 317 g/mol. The van der Waals surface area contributed by atoms with Crippen molar-refractivity contribution in [2.24, 2.45) is 7.05 Å². The summed E-state index contributed by atoms with van der Waals surface area (Å²) in [5.74, 6) is 0.873. The average Bonchev–Trinajstić information content (AvgIpc) is 2.71. The Kier molecular flexibility index (Phi) is 3.68. The molecule has 0 aromatic carbocycles. The van der Waals surface area contributed by atoms with Gasteiger partial charge in [0, 0.05) is 25.0 Å². The summed E-state index contributed by atoms with van der Waals surface area (Å²) in [5.41, 5.74) is 1.45. The number of hydrogen-bond donors (Lipinski definition) is 0. The first-order valence-corrected chi connectivity index (χ1v) is 9.33. The van der Waals surface area contributed by atoms with Crippen molar-refractivity contribution >= 4 is 27.5 Å². The van der Waals surface area contributed by atoms with E-state index in [1.807, 2.05) is 7.05 Å². The maximum atomic E-state index is 12.9. The molecule has 0 unspecified atom stereocenters. The molecule has 118 valence electrons. The summed E-state index contributed by atoms with van der Waals surface area (Å²) in [7, 11) is 1.89. The largest absolute Gasteiger partial charge is 0.342 e. The van der Waals surface area contributed by atoms with Crippen molar-refractivity contribution < 1.29 is 0 Å². The van der Waals surface area contributed by atoms with E-state index in [9.17, 15) is 4.79 Å². The summed E-state index contributed by atoms with van der Waals surface area (Å²) < 4.78 is 1.79. The molecular formula is C17H23N3OS. The summed E-state index contributed by atoms with van der Waals surface area (Å²) >= 11 is 1.75. The number of thiophene rings is 1. The third kappa shape index (κ3) is 2.26. The van der Waals surface area contributed by atoms with Gasteiger partial charge in [0.15, 0.2) is 0 Å². The van der Waals surface area contributed by atoms with E-state index in [1.165, 1.54) is 49.0 Å². The third-order valence-corrected chi connectivity index (χ3v) is 6.25. The molecule has 0 amide bonds. The van der Waals surface area contributed by atoms with Gasteiger partial charge >= 0.3 is 0 Å². The minimum Gasteiger partial charge on any atom is -0.342 e. The van der Waals surface area contributed by atoms with Crippen LogP contribution in [-0.4, -0.2) is 22.6 Å². The lowest BCUT2D eigenvalue weighted by molar-refractivity contribution is 0.696. The van der Waals surface area contributed by atoms with Gasteiger partial charge in [-0.3, -0.25) is 9.36 Å². The lowest BCUT2D eigenvalue weighted by Crippen LogP contribution is -2.32. The van der Waals surface area contributed by atoms with Crippen LogP contribution in [0.5, 0.6) is 0 Å². The summed E-state index contributed by atoms with van der Waals surface area (Å²) in [6, 6.07) is 0. The van der Waals surface area contributed by atoms with E-state index in [2.05, 4.69) is 4.90 Å². The van der Waals surface area contributed by atoms with Crippen molar-refractivity contribution in [3.63, 3.8) is 0 Å². The topological polar surface area (TPSA) is 38.1 Å². The van der Waals surface area contributed by atoms with Gasteiger partial charge in [0.25, 0.3) is 5.56 Å². The van der Waals surface area contributed by atoms with E-state index in [0.717, 1.165) is 42.1 Å². The summed E-state index contributed by atoms with van der Waals surface area (Å²) in [4.78, 5) is 22.5. The van der Waals surface area contributed by atoms with Crippen molar-refractivity contribution in [3.05, 3.63) is 20.8 Å². The van der Waals surface area contributed by atoms with E-state index < -0.39 is 0 Å². The monoisotopic (exact) mass is 317 g/mol. The van der Waals surface area contributed by atoms with E-state index in [1.54, 1.807) is 15.9 Å². The van der Waals surface area contributed by atoms with Gasteiger partial charge in [0.05, 0.1) is 5.39 Å². The van der Waals surface area contributed by atoms with Crippen LogP contribution in [0.3, 0.4) is 0 Å². The Bertz CT molecular complexity index is 753. The molecule has 2 aliphatic rings. The van der Waals surface area contributed by atoms with Gasteiger partial charge in [0.2, 0.25) is 5.95 Å². The molecule has 1 saturated heterocycles. The van der Waals surface area contributed by atoms with Crippen molar-refractivity contribution in [2.45, 2.75) is 51.4 Å². The maximum Gasteiger partial charge on any atom is 0.263 e. The Morgan fingerprint density at radius 3 is 2.50 bits per heavy atom. The molecule has 2 aromatic heterocycles. The molecule has 0 spiro atoms. The molecule has 1 aliphatic heterocycles. The highest BCUT2D eigenvalue weighted by molar-refractivity contribution is 7.18. The van der Waals surface area contributed by atoms with Gasteiger partial charge < -0.3 is 4.90 Å². The van der Waals surface area contributed by atoms with Gasteiger partial charge in [0.1, 0.15) is 4.83 Å². The van der Waals surface area contributed by atoms with E-state index in [4.69, 9.17) is 4.98 Å². The minimum absolute atomic E-state index is 0.156. The van der Waals surface area contributed by atoms with Crippen LogP contribution in [0.4, 0.5) is 5.95 Å². The highest BCUT2D eigenvalue weighted by Crippen LogP contribution is 2.34. The number of rotatable bonds is 1. The molecule has 1 aliphatic carbocycles. The lowest BCUT2D eigenvalue weighted by Gasteiger charge is -2.23. The number of nitrogens with zero attached hydrogens (tertiary/aromatic N) is 3. The fourth-order valence-electron chi connectivity index (χ4n) is 3.83. The zero-order chi connectivity index (χ0) is 15.1. The van der Waals surface area contributed by atoms with Crippen LogP contribution < -0.4 is 10.5 Å². The van der Waals surface area contributed by atoms with E-state index in [-0.39, 0.29) is 5.56 Å². The van der Waals surface area contributed by atoms with Crippen LogP contribution in [0.15, 0.2) is 4.79 Å². The van der Waals surface area contributed by atoms with Gasteiger partial charge in [-0.05, 0) is 44.1 Å². The molecule has 0 atom stereocenters. The summed E-state index contributed by atoms with van der Waals surface area (Å²) in [5, 5.41) is 0.903. The highest BCUT2D eigenvalue weighted by atomic mass is 32.1. The quantitative estimate of drug-likeness (QED) is 0.810. The molecule has 0 saturated carbocycles. The molecule has 0 bridgehead atoms. The first kappa shape index (κ1) is 14.2. The molecule has 3 heterocycles. The Balaban J connectivity index is 1.86. The van der Waals surface area contributed by atoms with E-state index >= 15 is 0 Å². The number of aryl methyl sites for hydroxylation is 2. The van der Waals surface area contributed by atoms with Crippen LogP contribution in [0.2, 0.25) is 0 Å². The predicted octanol–water partition coefficient (Wildman–Crippen LogP) is 3.25. The maximum absolute atomic E-state index is 12.9. The third-order valence-electron chi connectivity index (χ3n) is 5.06. The molecule has 4 rings (SSSR count). The summed E-state index contributed by atoms with van der Waals surface area (Å²) in [6.07, 6.45) is 9.62. The number of anilines is 1. The smallest absolute Gasteiger partial charge is 0.263 e. The van der Waals surface area contributed by atoms with Gasteiger partial charge in [-0.25, -0.2) is 4.98 Å². The van der Waals surface area contributed by atoms with Crippen LogP contribution in [0.25, 0.3) is 10.2 Å². The van der Waals surface area contributed by atoms with Gasteiger partial charge in [-0.15, -0.1) is 11.3 Å². The zero-order valence-corrected chi connectivity index (χ0v) is 14.0. The zero-order valence-electron chi connectivity index (χ0n) is 13.2. The van der Waals surface area contributed by atoms with Crippen molar-refractivity contribution in [3.8, 4) is 0 Å². The highest BCUT2D eigenvalue weighted by Gasteiger charge is 2.23. The number of hydrogen-bond acceptors (Lipinski definition) is 4. The van der Waals surface area contributed by atoms with Crippen LogP contribution in [0.1, 0.15) is 49.0 Å². The van der Waals surface area contributed by atoms with Crippen molar-refractivity contribution in [1.82, 2.24) is 9.55 Å². The first-order chi connectivity index (χ1) is 10.8. The Labute approximate surface area is 134 Å². The predicted molar refractivity (Wildman–Crippen MR) is 92.2 cm³/mol. The molecule has 1 fully saturated rings. The van der Waals surface area contributed by atoms with Crippen LogP contribution in [-0.2, 0) is 19.9 Å². The van der Waals surface area contributed by atoms with E-state index in [0.29, 0.717) is 0 Å². The van der Waals surface area contributed by atoms with Gasteiger partial charge in [-0.1, -0.05) is 12.8 Å². The Morgan fingerprint density at radius 2 is 1.73 bits per heavy atom. The fourth-order valence-corrected chi connectivity index (χ4v) is 5.08. The lowest BCUT2D eigenvalue weighted by atomic mass is 9.97. The number of aromatic nitrogens is 2. The first-order valence-electron chi connectivity index (χ1n) is 8.52.